The van der Waals surface area contributed by atoms with E-state index in [2.05, 4.69) is 9.97 Å². The summed E-state index contributed by atoms with van der Waals surface area (Å²) in [6.07, 6.45) is 0. The predicted molar refractivity (Wildman–Crippen MR) is 76.6 cm³/mol. The van der Waals surface area contributed by atoms with E-state index >= 15 is 0 Å². The van der Waals surface area contributed by atoms with Crippen LogP contribution in [-0.4, -0.2) is 17.1 Å². The van der Waals surface area contributed by atoms with Gasteiger partial charge in [-0.1, -0.05) is 11.8 Å². The van der Waals surface area contributed by atoms with E-state index < -0.39 is 0 Å². The van der Waals surface area contributed by atoms with Gasteiger partial charge in [-0.2, -0.15) is 0 Å². The Labute approximate surface area is 115 Å². The number of aromatic amines is 1. The summed E-state index contributed by atoms with van der Waals surface area (Å²) < 4.78 is 5.27. The van der Waals surface area contributed by atoms with Crippen LogP contribution in [0.25, 0.3) is 0 Å². The Morgan fingerprint density at radius 1 is 1.42 bits per heavy atom. The molecule has 0 aliphatic carbocycles. The highest BCUT2D eigenvalue weighted by atomic mass is 32.2. The summed E-state index contributed by atoms with van der Waals surface area (Å²) in [6, 6.07) is 6.95. The molecule has 2 aromatic rings. The standard InChI is InChI=1S/C13H15N3O2S/c1-8-5-12(17)16-13(15-8)19-7-9-6-10(14)3-4-11(9)18-2/h3-6H,7,14H2,1-2H3,(H,15,16,17). The lowest BCUT2D eigenvalue weighted by molar-refractivity contribution is 0.411. The molecule has 1 aromatic heterocycles. The molecule has 0 unspecified atom stereocenters. The van der Waals surface area contributed by atoms with E-state index in [0.717, 1.165) is 11.3 Å². The molecule has 100 valence electrons. The second-order valence-corrected chi connectivity index (χ2v) is 5.02. The first-order chi connectivity index (χ1) is 9.08. The minimum atomic E-state index is -0.144. The predicted octanol–water partition coefficient (Wildman–Crippen LogP) is 1.96. The molecule has 0 saturated heterocycles. The molecule has 1 heterocycles. The van der Waals surface area contributed by atoms with Crippen molar-refractivity contribution >= 4 is 17.4 Å². The number of methoxy groups -OCH3 is 1. The molecule has 1 aromatic carbocycles. The molecular weight excluding hydrogens is 262 g/mol. The van der Waals surface area contributed by atoms with E-state index in [0.29, 0.717) is 22.3 Å². The smallest absolute Gasteiger partial charge is 0.251 e. The van der Waals surface area contributed by atoms with Crippen LogP contribution in [0.3, 0.4) is 0 Å². The van der Waals surface area contributed by atoms with E-state index in [1.807, 2.05) is 12.1 Å². The zero-order chi connectivity index (χ0) is 13.8. The lowest BCUT2D eigenvalue weighted by Gasteiger charge is -2.08. The van der Waals surface area contributed by atoms with Crippen LogP contribution in [0.5, 0.6) is 5.75 Å². The summed E-state index contributed by atoms with van der Waals surface area (Å²) in [6.45, 7) is 1.79. The van der Waals surface area contributed by atoms with Crippen molar-refractivity contribution in [3.05, 3.63) is 45.9 Å². The van der Waals surface area contributed by atoms with Crippen LogP contribution in [0.2, 0.25) is 0 Å². The molecule has 0 atom stereocenters. The molecule has 0 aliphatic heterocycles. The van der Waals surface area contributed by atoms with Crippen LogP contribution in [0.15, 0.2) is 34.2 Å². The third kappa shape index (κ3) is 3.51. The van der Waals surface area contributed by atoms with Gasteiger partial charge in [0, 0.05) is 28.8 Å². The van der Waals surface area contributed by atoms with Gasteiger partial charge in [-0.05, 0) is 25.1 Å². The second kappa shape index (κ2) is 5.79. The van der Waals surface area contributed by atoms with E-state index in [9.17, 15) is 4.79 Å². The summed E-state index contributed by atoms with van der Waals surface area (Å²) in [5.74, 6) is 1.40. The number of hydrogen-bond donors (Lipinski definition) is 2. The van der Waals surface area contributed by atoms with Crippen LogP contribution < -0.4 is 16.0 Å². The number of hydrogen-bond acceptors (Lipinski definition) is 5. The van der Waals surface area contributed by atoms with Gasteiger partial charge in [0.1, 0.15) is 5.75 Å². The molecule has 6 heteroatoms. The first-order valence-corrected chi connectivity index (χ1v) is 6.70. The quantitative estimate of drug-likeness (QED) is 0.507. The fraction of sp³-hybridized carbons (Fsp3) is 0.231. The number of benzene rings is 1. The molecule has 2 rings (SSSR count). The monoisotopic (exact) mass is 277 g/mol. The summed E-state index contributed by atoms with van der Waals surface area (Å²) in [7, 11) is 1.62. The number of nitrogens with zero attached hydrogens (tertiary/aromatic N) is 1. The molecule has 0 saturated carbocycles. The van der Waals surface area contributed by atoms with Crippen molar-refractivity contribution in [1.29, 1.82) is 0 Å². The van der Waals surface area contributed by atoms with Gasteiger partial charge in [0.25, 0.3) is 5.56 Å². The van der Waals surface area contributed by atoms with E-state index in [4.69, 9.17) is 10.5 Å². The number of nitrogens with one attached hydrogen (secondary N) is 1. The molecular formula is C13H15N3O2S. The van der Waals surface area contributed by atoms with Gasteiger partial charge < -0.3 is 15.5 Å². The van der Waals surface area contributed by atoms with Gasteiger partial charge in [-0.3, -0.25) is 4.79 Å². The summed E-state index contributed by atoms with van der Waals surface area (Å²) >= 11 is 1.44. The first-order valence-electron chi connectivity index (χ1n) is 5.71. The van der Waals surface area contributed by atoms with Crippen LogP contribution in [0, 0.1) is 6.92 Å². The molecule has 19 heavy (non-hydrogen) atoms. The van der Waals surface area contributed by atoms with Crippen LogP contribution in [0.1, 0.15) is 11.3 Å². The van der Waals surface area contributed by atoms with Crippen LogP contribution >= 0.6 is 11.8 Å². The second-order valence-electron chi connectivity index (χ2n) is 4.05. The van der Waals surface area contributed by atoms with E-state index in [-0.39, 0.29) is 5.56 Å². The minimum Gasteiger partial charge on any atom is -0.496 e. The average Bonchev–Trinajstić information content (AvgIpc) is 2.35. The Balaban J connectivity index is 2.18. The largest absolute Gasteiger partial charge is 0.496 e. The molecule has 5 nitrogen and oxygen atoms in total. The lowest BCUT2D eigenvalue weighted by Crippen LogP contribution is -2.08. The number of nitrogens with two attached hydrogens (primary N) is 1. The third-order valence-electron chi connectivity index (χ3n) is 2.52. The molecule has 0 amide bonds. The van der Waals surface area contributed by atoms with Crippen LogP contribution in [0.4, 0.5) is 5.69 Å². The van der Waals surface area contributed by atoms with Crippen molar-refractivity contribution < 1.29 is 4.74 Å². The van der Waals surface area contributed by atoms with Crippen molar-refractivity contribution in [3.63, 3.8) is 0 Å². The lowest BCUT2D eigenvalue weighted by atomic mass is 10.2. The minimum absolute atomic E-state index is 0.144. The number of H-pyrrole nitrogens is 1. The summed E-state index contributed by atoms with van der Waals surface area (Å²) in [4.78, 5) is 18.3. The Kier molecular flexibility index (Phi) is 4.11. The molecule has 0 bridgehead atoms. The van der Waals surface area contributed by atoms with Crippen molar-refractivity contribution in [3.8, 4) is 5.75 Å². The molecule has 0 fully saturated rings. The van der Waals surface area contributed by atoms with Crippen molar-refractivity contribution in [2.75, 3.05) is 12.8 Å². The normalized spacial score (nSPS) is 10.4. The Morgan fingerprint density at radius 3 is 2.89 bits per heavy atom. The van der Waals surface area contributed by atoms with Crippen molar-refractivity contribution in [1.82, 2.24) is 9.97 Å². The number of nitrogen functional groups attached to an aromatic ring is 1. The molecule has 3 N–H and O–H groups in total. The Bertz CT molecular complexity index is 640. The fourth-order valence-corrected chi connectivity index (χ4v) is 2.58. The highest BCUT2D eigenvalue weighted by Crippen LogP contribution is 2.27. The average molecular weight is 277 g/mol. The van der Waals surface area contributed by atoms with E-state index in [1.165, 1.54) is 17.8 Å². The van der Waals surface area contributed by atoms with Gasteiger partial charge in [0.2, 0.25) is 0 Å². The molecule has 0 radical (unpaired) electrons. The van der Waals surface area contributed by atoms with Crippen molar-refractivity contribution in [2.45, 2.75) is 17.8 Å². The maximum absolute atomic E-state index is 11.3. The summed E-state index contributed by atoms with van der Waals surface area (Å²) in [5, 5.41) is 0.592. The van der Waals surface area contributed by atoms with Gasteiger partial charge in [0.05, 0.1) is 7.11 Å². The van der Waals surface area contributed by atoms with Gasteiger partial charge in [-0.25, -0.2) is 4.98 Å². The van der Waals surface area contributed by atoms with Crippen LogP contribution in [-0.2, 0) is 5.75 Å². The fourth-order valence-electron chi connectivity index (χ4n) is 1.68. The number of anilines is 1. The Morgan fingerprint density at radius 2 is 2.21 bits per heavy atom. The highest BCUT2D eigenvalue weighted by molar-refractivity contribution is 7.98. The topological polar surface area (TPSA) is 81.0 Å². The number of ether oxygens (including phenoxy) is 1. The zero-order valence-electron chi connectivity index (χ0n) is 10.8. The SMILES string of the molecule is COc1ccc(N)cc1CSc1nc(C)cc(=O)[nH]1. The maximum Gasteiger partial charge on any atom is 0.251 e. The Hall–Kier alpha value is -1.95. The first kappa shape index (κ1) is 13.5. The van der Waals surface area contributed by atoms with Gasteiger partial charge >= 0.3 is 0 Å². The highest BCUT2D eigenvalue weighted by Gasteiger charge is 2.06. The third-order valence-corrected chi connectivity index (χ3v) is 3.44. The van der Waals surface area contributed by atoms with E-state index in [1.54, 1.807) is 20.1 Å². The molecule has 0 aliphatic rings. The molecule has 0 spiro atoms. The summed E-state index contributed by atoms with van der Waals surface area (Å²) in [5.41, 5.74) is 7.97. The number of thioether (sulfide) groups is 1. The number of rotatable bonds is 4. The zero-order valence-corrected chi connectivity index (χ0v) is 11.6. The number of aromatic nitrogens is 2. The maximum atomic E-state index is 11.3. The van der Waals surface area contributed by atoms with Gasteiger partial charge in [-0.15, -0.1) is 0 Å². The van der Waals surface area contributed by atoms with Crippen molar-refractivity contribution in [2.24, 2.45) is 0 Å². The number of aryl methyl sites for hydroxylation is 1. The van der Waals surface area contributed by atoms with Gasteiger partial charge in [0.15, 0.2) is 5.16 Å².